The molecule has 4 heteroatoms. The van der Waals surface area contributed by atoms with E-state index in [0.717, 1.165) is 27.7 Å². The first-order chi connectivity index (χ1) is 10.7. The molecule has 2 aromatic rings. The van der Waals surface area contributed by atoms with Gasteiger partial charge in [0.25, 0.3) is 0 Å². The van der Waals surface area contributed by atoms with Gasteiger partial charge in [-0.2, -0.15) is 0 Å². The Bertz CT molecular complexity index is 601. The van der Waals surface area contributed by atoms with E-state index in [9.17, 15) is 4.79 Å². The summed E-state index contributed by atoms with van der Waals surface area (Å²) in [6.45, 7) is 3.08. The van der Waals surface area contributed by atoms with Crippen LogP contribution in [0.1, 0.15) is 25.3 Å². The molecule has 0 aromatic heterocycles. The van der Waals surface area contributed by atoms with Crippen LogP contribution in [0.4, 0.5) is 10.5 Å². The molecule has 2 rings (SSSR count). The zero-order valence-electron chi connectivity index (χ0n) is 12.7. The highest BCUT2D eigenvalue weighted by Gasteiger charge is 2.17. The zero-order valence-corrected chi connectivity index (χ0v) is 14.8. The SMILES string of the molecule is CCCCN(C(=O)OCc1ccccc1)c1cccc(I)c1. The number of amides is 1. The molecule has 0 aliphatic rings. The number of unbranched alkanes of at least 4 members (excludes halogenated alkanes) is 1. The molecule has 0 bridgehead atoms. The largest absolute Gasteiger partial charge is 0.444 e. The van der Waals surface area contributed by atoms with Gasteiger partial charge in [0.05, 0.1) is 0 Å². The number of rotatable bonds is 6. The van der Waals surface area contributed by atoms with Crippen molar-refractivity contribution in [2.75, 3.05) is 11.4 Å². The van der Waals surface area contributed by atoms with Crippen molar-refractivity contribution in [3.63, 3.8) is 0 Å². The van der Waals surface area contributed by atoms with Gasteiger partial charge in [-0.25, -0.2) is 4.79 Å². The standard InChI is InChI=1S/C18H20INO2/c1-2-3-12-20(17-11-7-10-16(19)13-17)18(21)22-14-15-8-5-4-6-9-15/h4-11,13H,2-3,12,14H2,1H3. The molecule has 0 radical (unpaired) electrons. The minimum Gasteiger partial charge on any atom is -0.444 e. The van der Waals surface area contributed by atoms with E-state index in [1.54, 1.807) is 4.90 Å². The maximum Gasteiger partial charge on any atom is 0.414 e. The van der Waals surface area contributed by atoms with Crippen molar-refractivity contribution in [1.82, 2.24) is 0 Å². The number of anilines is 1. The summed E-state index contributed by atoms with van der Waals surface area (Å²) in [6.07, 6.45) is 1.69. The van der Waals surface area contributed by atoms with Gasteiger partial charge in [0.15, 0.2) is 0 Å². The van der Waals surface area contributed by atoms with Crippen molar-refractivity contribution in [3.8, 4) is 0 Å². The number of carbonyl (C=O) groups is 1. The molecule has 2 aromatic carbocycles. The summed E-state index contributed by atoms with van der Waals surface area (Å²) in [6, 6.07) is 17.7. The third kappa shape index (κ3) is 5.02. The van der Waals surface area contributed by atoms with Gasteiger partial charge in [-0.3, -0.25) is 4.90 Å². The van der Waals surface area contributed by atoms with Crippen LogP contribution >= 0.6 is 22.6 Å². The Morgan fingerprint density at radius 3 is 2.59 bits per heavy atom. The minimum atomic E-state index is -0.292. The third-order valence-corrected chi connectivity index (χ3v) is 3.95. The summed E-state index contributed by atoms with van der Waals surface area (Å²) in [7, 11) is 0. The van der Waals surface area contributed by atoms with Crippen LogP contribution in [0.3, 0.4) is 0 Å². The molecule has 0 atom stereocenters. The predicted octanol–water partition coefficient (Wildman–Crippen LogP) is 5.23. The molecule has 0 fully saturated rings. The molecule has 0 aliphatic heterocycles. The Balaban J connectivity index is 2.06. The average Bonchev–Trinajstić information content (AvgIpc) is 2.54. The van der Waals surface area contributed by atoms with E-state index < -0.39 is 0 Å². The van der Waals surface area contributed by atoms with Gasteiger partial charge in [-0.1, -0.05) is 49.7 Å². The summed E-state index contributed by atoms with van der Waals surface area (Å²) in [5.41, 5.74) is 1.88. The molecule has 0 unspecified atom stereocenters. The first kappa shape index (κ1) is 16.8. The number of benzene rings is 2. The van der Waals surface area contributed by atoms with Crippen LogP contribution in [-0.4, -0.2) is 12.6 Å². The number of carbonyl (C=O) groups excluding carboxylic acids is 1. The molecule has 1 amide bonds. The fraction of sp³-hybridized carbons (Fsp3) is 0.278. The molecule has 116 valence electrons. The van der Waals surface area contributed by atoms with Crippen LogP contribution in [0.5, 0.6) is 0 Å². The molecule has 3 nitrogen and oxygen atoms in total. The van der Waals surface area contributed by atoms with Gasteiger partial charge < -0.3 is 4.74 Å². The molecule has 0 N–H and O–H groups in total. The van der Waals surface area contributed by atoms with E-state index in [1.165, 1.54) is 0 Å². The van der Waals surface area contributed by atoms with Crippen molar-refractivity contribution in [2.45, 2.75) is 26.4 Å². The van der Waals surface area contributed by atoms with Gasteiger partial charge in [0, 0.05) is 15.8 Å². The fourth-order valence-corrected chi connectivity index (χ4v) is 2.61. The van der Waals surface area contributed by atoms with Crippen molar-refractivity contribution < 1.29 is 9.53 Å². The maximum atomic E-state index is 12.4. The van der Waals surface area contributed by atoms with Gasteiger partial charge in [0.2, 0.25) is 0 Å². The van der Waals surface area contributed by atoms with Gasteiger partial charge >= 0.3 is 6.09 Å². The molecule has 0 heterocycles. The number of nitrogens with zero attached hydrogens (tertiary/aromatic N) is 1. The van der Waals surface area contributed by atoms with Gasteiger partial charge in [-0.15, -0.1) is 0 Å². The highest BCUT2D eigenvalue weighted by Crippen LogP contribution is 2.19. The molecular formula is C18H20INO2. The van der Waals surface area contributed by atoms with E-state index in [1.807, 2.05) is 54.6 Å². The van der Waals surface area contributed by atoms with E-state index in [4.69, 9.17) is 4.74 Å². The van der Waals surface area contributed by atoms with Crippen molar-refractivity contribution in [2.24, 2.45) is 0 Å². The second-order valence-electron chi connectivity index (χ2n) is 5.03. The second kappa shape index (κ2) is 8.78. The highest BCUT2D eigenvalue weighted by atomic mass is 127. The third-order valence-electron chi connectivity index (χ3n) is 3.28. The molecule has 22 heavy (non-hydrogen) atoms. The Labute approximate surface area is 145 Å². The lowest BCUT2D eigenvalue weighted by Crippen LogP contribution is -2.32. The van der Waals surface area contributed by atoms with Crippen molar-refractivity contribution in [1.29, 1.82) is 0 Å². The second-order valence-corrected chi connectivity index (χ2v) is 6.27. The number of hydrogen-bond acceptors (Lipinski definition) is 2. The van der Waals surface area contributed by atoms with Crippen LogP contribution in [-0.2, 0) is 11.3 Å². The molecule has 0 aliphatic carbocycles. The molecular weight excluding hydrogens is 389 g/mol. The Kier molecular flexibility index (Phi) is 6.71. The average molecular weight is 409 g/mol. The van der Waals surface area contributed by atoms with Crippen molar-refractivity contribution >= 4 is 34.4 Å². The topological polar surface area (TPSA) is 29.5 Å². The first-order valence-corrected chi connectivity index (χ1v) is 8.52. The summed E-state index contributed by atoms with van der Waals surface area (Å²) < 4.78 is 6.57. The lowest BCUT2D eigenvalue weighted by Gasteiger charge is -2.22. The Morgan fingerprint density at radius 2 is 1.91 bits per heavy atom. The lowest BCUT2D eigenvalue weighted by molar-refractivity contribution is 0.147. The summed E-state index contributed by atoms with van der Waals surface area (Å²) in [5.74, 6) is 0. The van der Waals surface area contributed by atoms with Gasteiger partial charge in [-0.05, 0) is 52.8 Å². The van der Waals surface area contributed by atoms with Crippen LogP contribution in [0.15, 0.2) is 54.6 Å². The quantitative estimate of drug-likeness (QED) is 0.612. The smallest absolute Gasteiger partial charge is 0.414 e. The van der Waals surface area contributed by atoms with Gasteiger partial charge in [0.1, 0.15) is 6.61 Å². The zero-order chi connectivity index (χ0) is 15.8. The highest BCUT2D eigenvalue weighted by molar-refractivity contribution is 14.1. The van der Waals surface area contributed by atoms with Crippen LogP contribution in [0.2, 0.25) is 0 Å². The monoisotopic (exact) mass is 409 g/mol. The van der Waals surface area contributed by atoms with E-state index in [0.29, 0.717) is 13.2 Å². The molecule has 0 saturated carbocycles. The maximum absolute atomic E-state index is 12.4. The summed E-state index contributed by atoms with van der Waals surface area (Å²) in [4.78, 5) is 14.2. The summed E-state index contributed by atoms with van der Waals surface area (Å²) in [5, 5.41) is 0. The summed E-state index contributed by atoms with van der Waals surface area (Å²) >= 11 is 2.25. The lowest BCUT2D eigenvalue weighted by atomic mass is 10.2. The fourth-order valence-electron chi connectivity index (χ4n) is 2.08. The van der Waals surface area contributed by atoms with E-state index in [2.05, 4.69) is 29.5 Å². The molecule has 0 saturated heterocycles. The van der Waals surface area contributed by atoms with Crippen LogP contribution in [0.25, 0.3) is 0 Å². The Hall–Kier alpha value is -1.56. The number of ether oxygens (including phenoxy) is 1. The normalized spacial score (nSPS) is 10.3. The van der Waals surface area contributed by atoms with Crippen molar-refractivity contribution in [3.05, 3.63) is 63.7 Å². The Morgan fingerprint density at radius 1 is 1.14 bits per heavy atom. The van der Waals surface area contributed by atoms with Crippen LogP contribution < -0.4 is 4.90 Å². The van der Waals surface area contributed by atoms with E-state index in [-0.39, 0.29) is 6.09 Å². The predicted molar refractivity (Wildman–Crippen MR) is 98.0 cm³/mol. The number of halogens is 1. The van der Waals surface area contributed by atoms with Crippen LogP contribution in [0, 0.1) is 3.57 Å². The first-order valence-electron chi connectivity index (χ1n) is 7.44. The molecule has 0 spiro atoms. The minimum absolute atomic E-state index is 0.292. The van der Waals surface area contributed by atoms with E-state index >= 15 is 0 Å². The number of hydrogen-bond donors (Lipinski definition) is 0.